The number of hydrogen-bond acceptors (Lipinski definition) is 2. The third-order valence-corrected chi connectivity index (χ3v) is 5.00. The Bertz CT molecular complexity index is 1340. The summed E-state index contributed by atoms with van der Waals surface area (Å²) in [6.07, 6.45) is 9.06. The predicted molar refractivity (Wildman–Crippen MR) is 122 cm³/mol. The van der Waals surface area contributed by atoms with E-state index in [0.29, 0.717) is 0 Å². The fourth-order valence-electron chi connectivity index (χ4n) is 3.55. The number of pyridine rings is 2. The van der Waals surface area contributed by atoms with Crippen molar-refractivity contribution in [3.05, 3.63) is 127 Å². The Labute approximate surface area is 196 Å². The molecule has 0 N–H and O–H groups in total. The smallest absolute Gasteiger partial charge is 0.295 e. The first kappa shape index (κ1) is 20.9. The van der Waals surface area contributed by atoms with Crippen LogP contribution in [0.4, 0.5) is 0 Å². The van der Waals surface area contributed by atoms with Gasteiger partial charge in [-0.15, -0.1) is 35.4 Å². The van der Waals surface area contributed by atoms with Crippen LogP contribution >= 0.6 is 0 Å². The molecule has 0 saturated heterocycles. The fraction of sp³-hybridized carbons (Fsp3) is 0. The van der Waals surface area contributed by atoms with Gasteiger partial charge in [0.25, 0.3) is 0 Å². The Hall–Kier alpha value is -3.35. The molecule has 2 heterocycles. The topological polar surface area (TPSA) is 25.8 Å². The molecule has 150 valence electrons. The molecule has 0 spiro atoms. The summed E-state index contributed by atoms with van der Waals surface area (Å²) in [5.74, 6) is 0. The van der Waals surface area contributed by atoms with Crippen LogP contribution in [-0.2, 0) is 21.1 Å². The number of hydrogen-bond donors (Lipinski definition) is 0. The van der Waals surface area contributed by atoms with E-state index in [9.17, 15) is 0 Å². The van der Waals surface area contributed by atoms with Gasteiger partial charge in [0.15, 0.2) is 0 Å². The van der Waals surface area contributed by atoms with Gasteiger partial charge in [-0.25, -0.2) is 6.08 Å². The first-order chi connectivity index (χ1) is 14.9. The summed E-state index contributed by atoms with van der Waals surface area (Å²) < 4.78 is 0. The molecular formula is C28H18N2Pt. The van der Waals surface area contributed by atoms with Crippen LogP contribution in [-0.4, -0.2) is 9.97 Å². The summed E-state index contributed by atoms with van der Waals surface area (Å²) >= 11 is 0. The minimum Gasteiger partial charge on any atom is -0.295 e. The molecule has 2 aromatic heterocycles. The standard InChI is InChI=1S/C28H18N2.Pt/c1-3-12-25(27-14-5-6-18-29-27)22(9-1)16-15-21-8-7-11-24(20-21)28-26-13-4-2-10-23(26)17-19-30-28;/h1-15,17-19H;/q-2;+2. The molecule has 0 aliphatic carbocycles. The molecule has 5 rings (SSSR count). The zero-order chi connectivity index (χ0) is 20.2. The van der Waals surface area contributed by atoms with Gasteiger partial charge < -0.3 is 0 Å². The Kier molecular flexibility index (Phi) is 6.50. The summed E-state index contributed by atoms with van der Waals surface area (Å²) in [5, 5.41) is 2.30. The van der Waals surface area contributed by atoms with Crippen molar-refractivity contribution in [1.29, 1.82) is 0 Å². The van der Waals surface area contributed by atoms with Crippen molar-refractivity contribution in [2.75, 3.05) is 0 Å². The predicted octanol–water partition coefficient (Wildman–Crippen LogP) is 6.63. The van der Waals surface area contributed by atoms with E-state index < -0.39 is 0 Å². The molecule has 0 radical (unpaired) electrons. The normalized spacial score (nSPS) is 10.8. The maximum absolute atomic E-state index is 4.62. The first-order valence-corrected chi connectivity index (χ1v) is 9.85. The minimum absolute atomic E-state index is 0. The number of aromatic nitrogens is 2. The van der Waals surface area contributed by atoms with Crippen LogP contribution in [0.25, 0.3) is 39.4 Å². The van der Waals surface area contributed by atoms with E-state index in [1.165, 1.54) is 5.39 Å². The number of rotatable bonds is 4. The van der Waals surface area contributed by atoms with Gasteiger partial charge in [0, 0.05) is 23.8 Å². The average molecular weight is 578 g/mol. The van der Waals surface area contributed by atoms with Gasteiger partial charge in [0.05, 0.1) is 0 Å². The molecule has 3 heteroatoms. The molecule has 0 amide bonds. The summed E-state index contributed by atoms with van der Waals surface area (Å²) in [6.45, 7) is 0. The molecule has 31 heavy (non-hydrogen) atoms. The second kappa shape index (κ2) is 9.64. The monoisotopic (exact) mass is 577 g/mol. The summed E-state index contributed by atoms with van der Waals surface area (Å²) in [6, 6.07) is 34.0. The third kappa shape index (κ3) is 4.55. The Morgan fingerprint density at radius 1 is 0.710 bits per heavy atom. The van der Waals surface area contributed by atoms with Crippen LogP contribution in [0, 0.1) is 12.1 Å². The van der Waals surface area contributed by atoms with E-state index in [-0.39, 0.29) is 21.1 Å². The average Bonchev–Trinajstić information content (AvgIpc) is 2.83. The Morgan fingerprint density at radius 2 is 1.55 bits per heavy atom. The second-order valence-electron chi connectivity index (χ2n) is 6.95. The van der Waals surface area contributed by atoms with E-state index in [0.717, 1.165) is 39.0 Å². The third-order valence-electron chi connectivity index (χ3n) is 5.00. The fourth-order valence-corrected chi connectivity index (χ4v) is 3.55. The van der Waals surface area contributed by atoms with Crippen molar-refractivity contribution in [2.24, 2.45) is 0 Å². The van der Waals surface area contributed by atoms with Gasteiger partial charge in [-0.1, -0.05) is 48.0 Å². The molecule has 0 bridgehead atoms. The van der Waals surface area contributed by atoms with Gasteiger partial charge in [-0.3, -0.25) is 9.97 Å². The van der Waals surface area contributed by atoms with Gasteiger partial charge in [0.1, 0.15) is 0 Å². The summed E-state index contributed by atoms with van der Waals surface area (Å²) in [5.41, 5.74) is 5.86. The molecule has 0 aliphatic heterocycles. The van der Waals surface area contributed by atoms with Crippen LogP contribution in [0.2, 0.25) is 0 Å². The molecule has 0 unspecified atom stereocenters. The Morgan fingerprint density at radius 3 is 2.45 bits per heavy atom. The second-order valence-corrected chi connectivity index (χ2v) is 6.95. The molecule has 2 nitrogen and oxygen atoms in total. The van der Waals surface area contributed by atoms with E-state index in [2.05, 4.69) is 46.4 Å². The van der Waals surface area contributed by atoms with Crippen molar-refractivity contribution in [2.45, 2.75) is 0 Å². The number of nitrogens with zero attached hydrogens (tertiary/aromatic N) is 2. The van der Waals surface area contributed by atoms with Crippen molar-refractivity contribution in [3.63, 3.8) is 0 Å². The number of benzene rings is 3. The van der Waals surface area contributed by atoms with Gasteiger partial charge in [-0.2, -0.15) is 23.8 Å². The first-order valence-electron chi connectivity index (χ1n) is 9.85. The van der Waals surface area contributed by atoms with E-state index in [1.807, 2.05) is 85.2 Å². The van der Waals surface area contributed by atoms with Crippen LogP contribution in [0.5, 0.6) is 0 Å². The van der Waals surface area contributed by atoms with Crippen LogP contribution in [0.3, 0.4) is 0 Å². The van der Waals surface area contributed by atoms with Crippen molar-refractivity contribution in [1.82, 2.24) is 9.97 Å². The van der Waals surface area contributed by atoms with Gasteiger partial charge in [-0.05, 0) is 29.0 Å². The van der Waals surface area contributed by atoms with Crippen molar-refractivity contribution in [3.8, 4) is 22.5 Å². The van der Waals surface area contributed by atoms with Crippen LogP contribution in [0.1, 0.15) is 11.1 Å². The SMILES string of the molecule is [C-](=Cc1[c-]c(-c2nccc3ccccc23)ccc1)c1ccccc1-c1ccccn1.[Pt+2]. The van der Waals surface area contributed by atoms with Crippen LogP contribution in [0.15, 0.2) is 103 Å². The molecule has 0 atom stereocenters. The molecule has 0 saturated carbocycles. The zero-order valence-electron chi connectivity index (χ0n) is 16.6. The van der Waals surface area contributed by atoms with Crippen molar-refractivity contribution >= 4 is 16.8 Å². The molecule has 0 fully saturated rings. The summed E-state index contributed by atoms with van der Waals surface area (Å²) in [4.78, 5) is 9.09. The largest absolute Gasteiger partial charge is 2.00 e. The molecule has 0 aliphatic rings. The minimum atomic E-state index is 0. The molecular weight excluding hydrogens is 559 g/mol. The van der Waals surface area contributed by atoms with Gasteiger partial charge >= 0.3 is 21.1 Å². The summed E-state index contributed by atoms with van der Waals surface area (Å²) in [7, 11) is 0. The zero-order valence-corrected chi connectivity index (χ0v) is 18.9. The van der Waals surface area contributed by atoms with Crippen molar-refractivity contribution < 1.29 is 21.1 Å². The van der Waals surface area contributed by atoms with Crippen LogP contribution < -0.4 is 0 Å². The maximum Gasteiger partial charge on any atom is 2.00 e. The number of fused-ring (bicyclic) bond motifs is 1. The molecule has 3 aromatic carbocycles. The quantitative estimate of drug-likeness (QED) is 0.177. The molecule has 5 aromatic rings. The van der Waals surface area contributed by atoms with E-state index in [4.69, 9.17) is 0 Å². The maximum atomic E-state index is 4.62. The van der Waals surface area contributed by atoms with E-state index in [1.54, 1.807) is 0 Å². The Balaban J connectivity index is 0.00000231. The van der Waals surface area contributed by atoms with Gasteiger partial charge in [0.2, 0.25) is 0 Å². The van der Waals surface area contributed by atoms with E-state index >= 15 is 0 Å².